The fourth-order valence-corrected chi connectivity index (χ4v) is 5.05. The summed E-state index contributed by atoms with van der Waals surface area (Å²) in [6.45, 7) is 0. The molecule has 136 valence electrons. The zero-order chi connectivity index (χ0) is 19.3. The average Bonchev–Trinajstić information content (AvgIpc) is 2.69. The van der Waals surface area contributed by atoms with Crippen LogP contribution in [0.5, 0.6) is 5.75 Å². The Morgan fingerprint density at radius 1 is 0.852 bits per heavy atom. The van der Waals surface area contributed by atoms with Crippen LogP contribution < -0.4 is 15.3 Å². The van der Waals surface area contributed by atoms with Crippen LogP contribution in [0.15, 0.2) is 84.9 Å². The first-order chi connectivity index (χ1) is 13.0. The van der Waals surface area contributed by atoms with Crippen LogP contribution in [0.2, 0.25) is 0 Å². The second-order valence-electron chi connectivity index (χ2n) is 5.79. The zero-order valence-corrected chi connectivity index (χ0v) is 15.1. The minimum atomic E-state index is -3.23. The Balaban J connectivity index is 1.85. The molecule has 0 atom stereocenters. The van der Waals surface area contributed by atoms with Crippen molar-refractivity contribution in [3.05, 3.63) is 95.0 Å². The summed E-state index contributed by atoms with van der Waals surface area (Å²) in [6.07, 6.45) is -0.308. The van der Waals surface area contributed by atoms with E-state index in [0.717, 1.165) is 0 Å². The van der Waals surface area contributed by atoms with Crippen molar-refractivity contribution >= 4 is 29.4 Å². The van der Waals surface area contributed by atoms with E-state index in [0.29, 0.717) is 10.6 Å². The van der Waals surface area contributed by atoms with Crippen molar-refractivity contribution in [1.29, 1.82) is 0 Å². The molecule has 6 nitrogen and oxygen atoms in total. The predicted octanol–water partition coefficient (Wildman–Crippen LogP) is 3.51. The first kappa shape index (κ1) is 18.5. The molecule has 0 heterocycles. The molecule has 27 heavy (non-hydrogen) atoms. The van der Waals surface area contributed by atoms with Crippen LogP contribution in [-0.2, 0) is 9.36 Å². The summed E-state index contributed by atoms with van der Waals surface area (Å²) < 4.78 is 19.0. The number of non-ortho nitro benzene ring substituents is 1. The fourth-order valence-electron chi connectivity index (χ4n) is 2.65. The molecule has 0 aromatic heterocycles. The van der Waals surface area contributed by atoms with Crippen LogP contribution in [0.3, 0.4) is 0 Å². The smallest absolute Gasteiger partial charge is 0.319 e. The number of nitro groups is 1. The Bertz CT molecular complexity index is 944. The van der Waals surface area contributed by atoms with Crippen LogP contribution in [0.4, 0.5) is 5.69 Å². The molecular formula is C20H16NO5P. The van der Waals surface area contributed by atoms with E-state index in [1.165, 1.54) is 24.3 Å². The SMILES string of the molecule is O=C(CP(=O)(c1ccccc1)c1ccccc1)Oc1ccc([N+](=O)[O-])cc1. The molecule has 3 aromatic carbocycles. The summed E-state index contributed by atoms with van der Waals surface area (Å²) in [5.74, 6) is -0.502. The van der Waals surface area contributed by atoms with Crippen LogP contribution in [0, 0.1) is 10.1 Å². The Hall–Kier alpha value is -3.24. The summed E-state index contributed by atoms with van der Waals surface area (Å²) in [5, 5.41) is 11.8. The lowest BCUT2D eigenvalue weighted by atomic mass is 10.3. The predicted molar refractivity (Wildman–Crippen MR) is 103 cm³/mol. The molecule has 0 unspecified atom stereocenters. The maximum absolute atomic E-state index is 13.8. The minimum Gasteiger partial charge on any atom is -0.426 e. The van der Waals surface area contributed by atoms with Gasteiger partial charge in [0.05, 0.1) is 4.92 Å². The van der Waals surface area contributed by atoms with E-state index < -0.39 is 18.0 Å². The van der Waals surface area contributed by atoms with Crippen molar-refractivity contribution in [2.24, 2.45) is 0 Å². The van der Waals surface area contributed by atoms with Crippen LogP contribution in [0.1, 0.15) is 0 Å². The van der Waals surface area contributed by atoms with Gasteiger partial charge in [0.15, 0.2) is 7.14 Å². The van der Waals surface area contributed by atoms with Gasteiger partial charge < -0.3 is 9.30 Å². The van der Waals surface area contributed by atoms with E-state index >= 15 is 0 Å². The zero-order valence-electron chi connectivity index (χ0n) is 14.2. The second kappa shape index (κ2) is 7.98. The summed E-state index contributed by atoms with van der Waals surface area (Å²) in [4.78, 5) is 22.6. The van der Waals surface area contributed by atoms with E-state index in [-0.39, 0.29) is 17.6 Å². The van der Waals surface area contributed by atoms with Crippen molar-refractivity contribution in [2.75, 3.05) is 6.16 Å². The van der Waals surface area contributed by atoms with Crippen molar-refractivity contribution in [2.45, 2.75) is 0 Å². The van der Waals surface area contributed by atoms with E-state index in [4.69, 9.17) is 4.74 Å². The fraction of sp³-hybridized carbons (Fsp3) is 0.0500. The standard InChI is InChI=1S/C20H16NO5P/c22-20(26-17-13-11-16(12-14-17)21(23)24)15-27(25,18-7-3-1-4-8-18)19-9-5-2-6-10-19/h1-14H,15H2. The molecule has 3 rings (SSSR count). The largest absolute Gasteiger partial charge is 0.426 e. The number of benzene rings is 3. The molecule has 0 saturated heterocycles. The highest BCUT2D eigenvalue weighted by Gasteiger charge is 2.31. The first-order valence-corrected chi connectivity index (χ1v) is 10.0. The van der Waals surface area contributed by atoms with E-state index in [9.17, 15) is 19.5 Å². The molecule has 0 saturated carbocycles. The normalized spacial score (nSPS) is 11.0. The Morgan fingerprint density at radius 2 is 1.33 bits per heavy atom. The molecule has 0 bridgehead atoms. The molecule has 0 radical (unpaired) electrons. The van der Waals surface area contributed by atoms with Crippen molar-refractivity contribution < 1.29 is 19.0 Å². The lowest BCUT2D eigenvalue weighted by Gasteiger charge is -2.18. The van der Waals surface area contributed by atoms with Gasteiger partial charge in [0.25, 0.3) is 5.69 Å². The van der Waals surface area contributed by atoms with E-state index in [1.807, 2.05) is 12.1 Å². The summed E-state index contributed by atoms with van der Waals surface area (Å²) >= 11 is 0. The molecular weight excluding hydrogens is 365 g/mol. The summed E-state index contributed by atoms with van der Waals surface area (Å²) in [6, 6.07) is 22.8. The lowest BCUT2D eigenvalue weighted by Crippen LogP contribution is -2.24. The van der Waals surface area contributed by atoms with Crippen molar-refractivity contribution in [1.82, 2.24) is 0 Å². The third kappa shape index (κ3) is 4.30. The molecule has 0 aliphatic carbocycles. The van der Waals surface area contributed by atoms with Gasteiger partial charge in [-0.1, -0.05) is 60.7 Å². The van der Waals surface area contributed by atoms with E-state index in [2.05, 4.69) is 0 Å². The molecule has 7 heteroatoms. The van der Waals surface area contributed by atoms with Gasteiger partial charge in [-0.05, 0) is 12.1 Å². The number of nitrogens with zero attached hydrogens (tertiary/aromatic N) is 1. The average molecular weight is 381 g/mol. The maximum Gasteiger partial charge on any atom is 0.319 e. The highest BCUT2D eigenvalue weighted by atomic mass is 31.2. The Kier molecular flexibility index (Phi) is 5.48. The number of hydrogen-bond acceptors (Lipinski definition) is 5. The van der Waals surface area contributed by atoms with Crippen LogP contribution in [0.25, 0.3) is 0 Å². The number of esters is 1. The number of ether oxygens (including phenoxy) is 1. The molecule has 0 amide bonds. The van der Waals surface area contributed by atoms with Crippen LogP contribution in [-0.4, -0.2) is 17.1 Å². The van der Waals surface area contributed by atoms with Gasteiger partial charge in [0.2, 0.25) is 0 Å². The molecule has 0 aliphatic rings. The van der Waals surface area contributed by atoms with Gasteiger partial charge in [-0.15, -0.1) is 0 Å². The number of carbonyl (C=O) groups excluding carboxylic acids is 1. The van der Waals surface area contributed by atoms with Gasteiger partial charge >= 0.3 is 5.97 Å². The third-order valence-corrected chi connectivity index (χ3v) is 6.95. The lowest BCUT2D eigenvalue weighted by molar-refractivity contribution is -0.384. The number of carbonyl (C=O) groups is 1. The summed E-state index contributed by atoms with van der Waals surface area (Å²) in [5.41, 5.74) is -0.103. The van der Waals surface area contributed by atoms with Gasteiger partial charge in [-0.3, -0.25) is 14.9 Å². The Labute approximate surface area is 155 Å². The van der Waals surface area contributed by atoms with Crippen molar-refractivity contribution in [3.63, 3.8) is 0 Å². The van der Waals surface area contributed by atoms with Gasteiger partial charge in [-0.2, -0.15) is 0 Å². The monoisotopic (exact) mass is 381 g/mol. The van der Waals surface area contributed by atoms with E-state index in [1.54, 1.807) is 48.5 Å². The number of rotatable bonds is 6. The van der Waals surface area contributed by atoms with Crippen LogP contribution >= 0.6 is 7.14 Å². The Morgan fingerprint density at radius 3 is 1.78 bits per heavy atom. The molecule has 0 N–H and O–H groups in total. The molecule has 0 fully saturated rings. The highest BCUT2D eigenvalue weighted by molar-refractivity contribution is 7.79. The number of hydrogen-bond donors (Lipinski definition) is 0. The topological polar surface area (TPSA) is 86.5 Å². The third-order valence-electron chi connectivity index (χ3n) is 3.98. The van der Waals surface area contributed by atoms with Gasteiger partial charge in [-0.25, -0.2) is 0 Å². The maximum atomic E-state index is 13.8. The molecule has 3 aromatic rings. The van der Waals surface area contributed by atoms with Crippen molar-refractivity contribution in [3.8, 4) is 5.75 Å². The quantitative estimate of drug-likeness (QED) is 0.214. The molecule has 0 aliphatic heterocycles. The van der Waals surface area contributed by atoms with Gasteiger partial charge in [0, 0.05) is 22.7 Å². The number of nitro benzene ring substituents is 1. The summed E-state index contributed by atoms with van der Waals surface area (Å²) in [7, 11) is -3.23. The highest BCUT2D eigenvalue weighted by Crippen LogP contribution is 2.43. The minimum absolute atomic E-state index is 0.103. The first-order valence-electron chi connectivity index (χ1n) is 8.14. The van der Waals surface area contributed by atoms with Gasteiger partial charge in [0.1, 0.15) is 11.9 Å². The second-order valence-corrected chi connectivity index (χ2v) is 8.62. The molecule has 0 spiro atoms.